The number of nitrogens with one attached hydrogen (secondary N) is 1. The number of amides is 1. The minimum absolute atomic E-state index is 0.113. The number of ether oxygens (including phenoxy) is 2. The lowest BCUT2D eigenvalue weighted by Gasteiger charge is -2.16. The first-order valence-electron chi connectivity index (χ1n) is 9.10. The van der Waals surface area contributed by atoms with Crippen LogP contribution in [0.25, 0.3) is 0 Å². The number of rotatable bonds is 5. The summed E-state index contributed by atoms with van der Waals surface area (Å²) < 4.78 is 12.1. The fourth-order valence-electron chi connectivity index (χ4n) is 2.98. The molecule has 0 saturated heterocycles. The monoisotopic (exact) mass is 379 g/mol. The lowest BCUT2D eigenvalue weighted by atomic mass is 9.99. The molecule has 6 nitrogen and oxygen atoms in total. The smallest absolute Gasteiger partial charge is 0.279 e. The van der Waals surface area contributed by atoms with Crippen LogP contribution in [0.5, 0.6) is 17.2 Å². The Bertz CT molecular complexity index is 944. The molecule has 0 aromatic heterocycles. The molecule has 0 bridgehead atoms. The molecule has 3 rings (SSSR count). The second kappa shape index (κ2) is 7.76. The highest BCUT2D eigenvalue weighted by atomic mass is 16.5. The van der Waals surface area contributed by atoms with Crippen LogP contribution in [0.15, 0.2) is 53.7 Å². The van der Waals surface area contributed by atoms with E-state index in [-0.39, 0.29) is 11.4 Å². The van der Waals surface area contributed by atoms with Crippen molar-refractivity contribution >= 4 is 11.7 Å². The molecule has 1 heterocycles. The standard InChI is InChI=1S/C22H25N3O3/c1-14-5-7-16(8-6-14)27-18-11-15(21(26)25-20(23)9-10-24-4)12-19-17(18)13-22(2,3)28-19/h5-12,24H,13H2,1-4H3,(H2,23,25,26)/b10-9-. The first-order valence-corrected chi connectivity index (χ1v) is 9.10. The Morgan fingerprint density at radius 2 is 2.00 bits per heavy atom. The molecule has 2 aromatic rings. The number of benzene rings is 2. The Balaban J connectivity index is 1.98. The van der Waals surface area contributed by atoms with Gasteiger partial charge in [-0.15, -0.1) is 0 Å². The minimum atomic E-state index is -0.455. The number of aryl methyl sites for hydroxylation is 1. The number of amidine groups is 1. The Hall–Kier alpha value is -3.28. The number of carbonyl (C=O) groups excluding carboxylic acids is 1. The molecule has 2 aromatic carbocycles. The van der Waals surface area contributed by atoms with Crippen LogP contribution in [0.4, 0.5) is 0 Å². The molecule has 28 heavy (non-hydrogen) atoms. The highest BCUT2D eigenvalue weighted by Crippen LogP contribution is 2.43. The molecule has 0 saturated carbocycles. The zero-order chi connectivity index (χ0) is 20.3. The van der Waals surface area contributed by atoms with E-state index < -0.39 is 5.91 Å². The van der Waals surface area contributed by atoms with Crippen molar-refractivity contribution in [2.45, 2.75) is 32.8 Å². The average molecular weight is 379 g/mol. The van der Waals surface area contributed by atoms with E-state index in [1.807, 2.05) is 45.0 Å². The Morgan fingerprint density at radius 3 is 2.68 bits per heavy atom. The maximum absolute atomic E-state index is 12.6. The van der Waals surface area contributed by atoms with Crippen molar-refractivity contribution in [1.29, 1.82) is 0 Å². The lowest BCUT2D eigenvalue weighted by molar-refractivity contribution is 0.100. The van der Waals surface area contributed by atoms with Gasteiger partial charge in [0, 0.05) is 24.6 Å². The van der Waals surface area contributed by atoms with Gasteiger partial charge >= 0.3 is 0 Å². The fraction of sp³-hybridized carbons (Fsp3) is 0.273. The number of hydrogen-bond donors (Lipinski definition) is 2. The van der Waals surface area contributed by atoms with Crippen molar-refractivity contribution < 1.29 is 14.3 Å². The van der Waals surface area contributed by atoms with Gasteiger partial charge in [-0.05, 0) is 57.3 Å². The van der Waals surface area contributed by atoms with Crippen LogP contribution in [-0.2, 0) is 6.42 Å². The quantitative estimate of drug-likeness (QED) is 0.611. The summed E-state index contributed by atoms with van der Waals surface area (Å²) in [4.78, 5) is 16.5. The van der Waals surface area contributed by atoms with Crippen molar-refractivity contribution in [3.05, 3.63) is 65.4 Å². The molecular weight excluding hydrogens is 354 g/mol. The van der Waals surface area contributed by atoms with Crippen molar-refractivity contribution in [1.82, 2.24) is 5.32 Å². The van der Waals surface area contributed by atoms with Gasteiger partial charge in [-0.1, -0.05) is 17.7 Å². The number of aliphatic imine (C=N–C) groups is 1. The molecule has 1 amide bonds. The van der Waals surface area contributed by atoms with E-state index in [0.717, 1.165) is 11.1 Å². The van der Waals surface area contributed by atoms with Gasteiger partial charge in [0.25, 0.3) is 5.91 Å². The van der Waals surface area contributed by atoms with Gasteiger partial charge in [0.15, 0.2) is 0 Å². The summed E-state index contributed by atoms with van der Waals surface area (Å²) in [6.45, 7) is 6.02. The third-order valence-electron chi connectivity index (χ3n) is 4.30. The molecule has 6 heteroatoms. The summed E-state index contributed by atoms with van der Waals surface area (Å²) in [5, 5.41) is 2.80. The van der Waals surface area contributed by atoms with Gasteiger partial charge in [0.05, 0.1) is 0 Å². The summed E-state index contributed by atoms with van der Waals surface area (Å²) in [6.07, 6.45) is 3.81. The van der Waals surface area contributed by atoms with Gasteiger partial charge in [-0.3, -0.25) is 4.79 Å². The zero-order valence-corrected chi connectivity index (χ0v) is 16.6. The maximum Gasteiger partial charge on any atom is 0.279 e. The summed E-state index contributed by atoms with van der Waals surface area (Å²) in [5.74, 6) is 1.58. The highest BCUT2D eigenvalue weighted by molar-refractivity contribution is 6.06. The van der Waals surface area contributed by atoms with Gasteiger partial charge < -0.3 is 20.5 Å². The van der Waals surface area contributed by atoms with Crippen LogP contribution in [0.1, 0.15) is 35.3 Å². The minimum Gasteiger partial charge on any atom is -0.487 e. The molecule has 3 N–H and O–H groups in total. The molecular formula is C22H25N3O3. The Labute approximate surface area is 165 Å². The molecule has 0 atom stereocenters. The molecule has 0 unspecified atom stereocenters. The van der Waals surface area contributed by atoms with E-state index >= 15 is 0 Å². The first kappa shape index (κ1) is 19.5. The molecule has 1 aliphatic heterocycles. The SMILES string of the molecule is CN/C=C\C(N)=NC(=O)c1cc(Oc2ccc(C)cc2)c2c(c1)OC(C)(C)C2. The lowest BCUT2D eigenvalue weighted by Crippen LogP contribution is -2.24. The second-order valence-electron chi connectivity index (χ2n) is 7.37. The predicted octanol–water partition coefficient (Wildman–Crippen LogP) is 3.73. The summed E-state index contributed by atoms with van der Waals surface area (Å²) in [6, 6.07) is 11.2. The molecule has 1 aliphatic rings. The van der Waals surface area contributed by atoms with E-state index in [2.05, 4.69) is 10.3 Å². The fourth-order valence-corrected chi connectivity index (χ4v) is 2.98. The van der Waals surface area contributed by atoms with E-state index in [1.165, 1.54) is 6.08 Å². The average Bonchev–Trinajstić information content (AvgIpc) is 2.96. The van der Waals surface area contributed by atoms with E-state index in [4.69, 9.17) is 15.2 Å². The molecule has 0 fully saturated rings. The first-order chi connectivity index (χ1) is 13.3. The number of hydrogen-bond acceptors (Lipinski definition) is 4. The number of carbonyl (C=O) groups is 1. The van der Waals surface area contributed by atoms with Crippen LogP contribution < -0.4 is 20.5 Å². The number of fused-ring (bicyclic) bond motifs is 1. The summed E-state index contributed by atoms with van der Waals surface area (Å²) in [5.41, 5.74) is 7.85. The third-order valence-corrected chi connectivity index (χ3v) is 4.30. The Kier molecular flexibility index (Phi) is 5.40. The van der Waals surface area contributed by atoms with Crippen molar-refractivity contribution in [3.8, 4) is 17.2 Å². The Morgan fingerprint density at radius 1 is 1.29 bits per heavy atom. The van der Waals surface area contributed by atoms with E-state index in [1.54, 1.807) is 25.4 Å². The summed E-state index contributed by atoms with van der Waals surface area (Å²) in [7, 11) is 1.74. The van der Waals surface area contributed by atoms with Crippen molar-refractivity contribution in [2.24, 2.45) is 10.7 Å². The van der Waals surface area contributed by atoms with Gasteiger partial charge in [0.2, 0.25) is 0 Å². The van der Waals surface area contributed by atoms with Gasteiger partial charge in [-0.25, -0.2) is 0 Å². The van der Waals surface area contributed by atoms with E-state index in [9.17, 15) is 4.79 Å². The second-order valence-corrected chi connectivity index (χ2v) is 7.37. The topological polar surface area (TPSA) is 85.9 Å². The normalized spacial score (nSPS) is 15.2. The molecule has 0 spiro atoms. The molecule has 0 radical (unpaired) electrons. The third kappa shape index (κ3) is 4.52. The van der Waals surface area contributed by atoms with Gasteiger partial charge in [0.1, 0.15) is 28.7 Å². The highest BCUT2D eigenvalue weighted by Gasteiger charge is 2.34. The largest absolute Gasteiger partial charge is 0.487 e. The predicted molar refractivity (Wildman–Crippen MR) is 110 cm³/mol. The van der Waals surface area contributed by atoms with Crippen LogP contribution in [-0.4, -0.2) is 24.4 Å². The van der Waals surface area contributed by atoms with Crippen LogP contribution in [0.2, 0.25) is 0 Å². The number of nitrogens with zero attached hydrogens (tertiary/aromatic N) is 1. The maximum atomic E-state index is 12.6. The molecule has 0 aliphatic carbocycles. The van der Waals surface area contributed by atoms with Crippen LogP contribution in [0, 0.1) is 6.92 Å². The van der Waals surface area contributed by atoms with Crippen molar-refractivity contribution in [3.63, 3.8) is 0 Å². The zero-order valence-electron chi connectivity index (χ0n) is 16.6. The van der Waals surface area contributed by atoms with Crippen LogP contribution in [0.3, 0.4) is 0 Å². The van der Waals surface area contributed by atoms with Crippen molar-refractivity contribution in [2.75, 3.05) is 7.05 Å². The van der Waals surface area contributed by atoms with Gasteiger partial charge in [-0.2, -0.15) is 4.99 Å². The summed E-state index contributed by atoms with van der Waals surface area (Å²) >= 11 is 0. The number of nitrogens with two attached hydrogens (primary N) is 1. The van der Waals surface area contributed by atoms with Crippen LogP contribution >= 0.6 is 0 Å². The molecule has 146 valence electrons. The van der Waals surface area contributed by atoms with E-state index in [0.29, 0.717) is 29.2 Å².